The van der Waals surface area contributed by atoms with Gasteiger partial charge in [0, 0.05) is 0 Å². The average molecular weight is 326 g/mol. The minimum Gasteiger partial charge on any atom is -0.478 e. The van der Waals surface area contributed by atoms with Crippen molar-refractivity contribution < 1.29 is 14.7 Å². The molecule has 0 aliphatic rings. The Morgan fingerprint density at radius 3 is 2.04 bits per heavy atom. The SMILES string of the molecule is CCCCCCCCON=O.CNC.O=C(O)c1ccccc1. The van der Waals surface area contributed by atoms with Crippen molar-refractivity contribution in [2.24, 2.45) is 5.34 Å². The molecule has 0 saturated heterocycles. The molecule has 0 spiro atoms. The van der Waals surface area contributed by atoms with Crippen LogP contribution in [0.4, 0.5) is 0 Å². The van der Waals surface area contributed by atoms with Crippen molar-refractivity contribution in [1.82, 2.24) is 5.32 Å². The highest BCUT2D eigenvalue weighted by atomic mass is 16.7. The van der Waals surface area contributed by atoms with Crippen molar-refractivity contribution in [2.75, 3.05) is 20.7 Å². The first kappa shape index (κ1) is 23.3. The van der Waals surface area contributed by atoms with Crippen LogP contribution in [0.2, 0.25) is 0 Å². The molecule has 0 aromatic heterocycles. The van der Waals surface area contributed by atoms with E-state index in [-0.39, 0.29) is 0 Å². The van der Waals surface area contributed by atoms with Gasteiger partial charge in [0.1, 0.15) is 6.61 Å². The topological polar surface area (TPSA) is 88.0 Å². The second-order valence-electron chi connectivity index (χ2n) is 4.85. The van der Waals surface area contributed by atoms with E-state index in [4.69, 9.17) is 5.11 Å². The summed E-state index contributed by atoms with van der Waals surface area (Å²) in [5.74, 6) is -0.879. The molecule has 0 fully saturated rings. The molecule has 0 atom stereocenters. The van der Waals surface area contributed by atoms with E-state index in [9.17, 15) is 9.70 Å². The smallest absolute Gasteiger partial charge is 0.335 e. The maximum absolute atomic E-state index is 10.2. The number of hydrogen-bond acceptors (Lipinski definition) is 5. The summed E-state index contributed by atoms with van der Waals surface area (Å²) in [7, 11) is 3.75. The van der Waals surface area contributed by atoms with Crippen LogP contribution in [0.5, 0.6) is 0 Å². The molecule has 0 amide bonds. The lowest BCUT2D eigenvalue weighted by atomic mass is 10.1. The number of nitrogens with one attached hydrogen (secondary N) is 1. The van der Waals surface area contributed by atoms with Crippen LogP contribution in [-0.2, 0) is 4.84 Å². The first-order chi connectivity index (χ1) is 11.1. The maximum atomic E-state index is 10.2. The fourth-order valence-corrected chi connectivity index (χ4v) is 1.56. The lowest BCUT2D eigenvalue weighted by Gasteiger charge is -1.97. The minimum atomic E-state index is -0.879. The van der Waals surface area contributed by atoms with E-state index in [2.05, 4.69) is 22.4 Å². The predicted octanol–water partition coefficient (Wildman–Crippen LogP) is 4.27. The van der Waals surface area contributed by atoms with Crippen LogP contribution in [0.25, 0.3) is 0 Å². The molecule has 0 heterocycles. The van der Waals surface area contributed by atoms with Gasteiger partial charge in [-0.15, -0.1) is 4.91 Å². The van der Waals surface area contributed by atoms with Crippen LogP contribution in [-0.4, -0.2) is 31.8 Å². The summed E-state index contributed by atoms with van der Waals surface area (Å²) in [6, 6.07) is 8.30. The third-order valence-corrected chi connectivity index (χ3v) is 2.66. The van der Waals surface area contributed by atoms with Crippen LogP contribution in [0, 0.1) is 4.91 Å². The van der Waals surface area contributed by atoms with Gasteiger partial charge < -0.3 is 15.3 Å². The van der Waals surface area contributed by atoms with E-state index in [1.54, 1.807) is 30.3 Å². The highest BCUT2D eigenvalue weighted by Crippen LogP contribution is 2.04. The fraction of sp³-hybridized carbons (Fsp3) is 0.588. The number of unbranched alkanes of at least 4 members (excludes halogenated alkanes) is 5. The number of rotatable bonds is 9. The molecular formula is C17H30N2O4. The van der Waals surface area contributed by atoms with E-state index < -0.39 is 5.97 Å². The third kappa shape index (κ3) is 20.1. The summed E-state index contributed by atoms with van der Waals surface area (Å²) < 4.78 is 0. The van der Waals surface area contributed by atoms with Gasteiger partial charge in [0.05, 0.1) is 5.56 Å². The van der Waals surface area contributed by atoms with Gasteiger partial charge in [0.2, 0.25) is 0 Å². The lowest BCUT2D eigenvalue weighted by molar-refractivity contribution is 0.0697. The number of carboxylic acid groups (broad SMARTS) is 1. The second kappa shape index (κ2) is 20.1. The summed E-state index contributed by atoms with van der Waals surface area (Å²) in [5.41, 5.74) is 0.331. The quantitative estimate of drug-likeness (QED) is 0.402. The lowest BCUT2D eigenvalue weighted by Crippen LogP contribution is -1.93. The summed E-state index contributed by atoms with van der Waals surface area (Å²) >= 11 is 0. The van der Waals surface area contributed by atoms with Crippen molar-refractivity contribution in [1.29, 1.82) is 0 Å². The largest absolute Gasteiger partial charge is 0.478 e. The Labute approximate surface area is 139 Å². The molecule has 132 valence electrons. The molecule has 6 nitrogen and oxygen atoms in total. The van der Waals surface area contributed by atoms with Crippen molar-refractivity contribution in [3.05, 3.63) is 40.8 Å². The maximum Gasteiger partial charge on any atom is 0.335 e. The molecule has 2 N–H and O–H groups in total. The minimum absolute atomic E-state index is 0.331. The third-order valence-electron chi connectivity index (χ3n) is 2.66. The number of aromatic carboxylic acids is 1. The fourth-order valence-electron chi connectivity index (χ4n) is 1.56. The molecule has 1 rings (SSSR count). The molecule has 0 unspecified atom stereocenters. The normalized spacial score (nSPS) is 8.83. The molecule has 0 aliphatic carbocycles. The first-order valence-electron chi connectivity index (χ1n) is 7.95. The van der Waals surface area contributed by atoms with Gasteiger partial charge in [0.15, 0.2) is 5.34 Å². The Kier molecular flexibility index (Phi) is 20.3. The van der Waals surface area contributed by atoms with Gasteiger partial charge in [-0.05, 0) is 39.1 Å². The van der Waals surface area contributed by atoms with Gasteiger partial charge in [-0.2, -0.15) is 0 Å². The average Bonchev–Trinajstić information content (AvgIpc) is 2.56. The number of benzene rings is 1. The first-order valence-corrected chi connectivity index (χ1v) is 7.95. The molecule has 1 aromatic carbocycles. The molecule has 0 bridgehead atoms. The van der Waals surface area contributed by atoms with E-state index in [1.807, 2.05) is 14.1 Å². The van der Waals surface area contributed by atoms with Crippen molar-refractivity contribution in [3.63, 3.8) is 0 Å². The summed E-state index contributed by atoms with van der Waals surface area (Å²) in [5, 5.41) is 13.5. The highest BCUT2D eigenvalue weighted by Gasteiger charge is 1.96. The van der Waals surface area contributed by atoms with Gasteiger partial charge in [0.25, 0.3) is 0 Å². The highest BCUT2D eigenvalue weighted by molar-refractivity contribution is 5.87. The summed E-state index contributed by atoms with van der Waals surface area (Å²) in [4.78, 5) is 24.0. The van der Waals surface area contributed by atoms with Crippen molar-refractivity contribution in [2.45, 2.75) is 45.4 Å². The Hall–Kier alpha value is -1.95. The zero-order valence-electron chi connectivity index (χ0n) is 14.5. The Morgan fingerprint density at radius 1 is 1.09 bits per heavy atom. The van der Waals surface area contributed by atoms with Crippen molar-refractivity contribution >= 4 is 5.97 Å². The van der Waals surface area contributed by atoms with E-state index in [0.717, 1.165) is 12.8 Å². The summed E-state index contributed by atoms with van der Waals surface area (Å²) in [6.45, 7) is 2.68. The standard InChI is InChI=1S/C8H17NO2.C7H6O2.C2H7N/c1-2-3-4-5-6-7-8-11-9-10;8-7(9)6-4-2-1-3-5-6;1-3-2/h2-8H2,1H3;1-5H,(H,8,9);3H,1-2H3. The molecule has 1 aromatic rings. The number of carboxylic acids is 1. The molecule has 23 heavy (non-hydrogen) atoms. The zero-order chi connectivity index (χ0) is 17.8. The van der Waals surface area contributed by atoms with Crippen LogP contribution < -0.4 is 5.32 Å². The molecule has 6 heteroatoms. The second-order valence-corrected chi connectivity index (χ2v) is 4.85. The van der Waals surface area contributed by atoms with Crippen molar-refractivity contribution in [3.8, 4) is 0 Å². The zero-order valence-corrected chi connectivity index (χ0v) is 14.5. The van der Waals surface area contributed by atoms with Crippen LogP contribution >= 0.6 is 0 Å². The molecular weight excluding hydrogens is 296 g/mol. The van der Waals surface area contributed by atoms with Crippen LogP contribution in [0.3, 0.4) is 0 Å². The van der Waals surface area contributed by atoms with Gasteiger partial charge in [-0.1, -0.05) is 50.8 Å². The number of carbonyl (C=O) groups is 1. The van der Waals surface area contributed by atoms with Gasteiger partial charge >= 0.3 is 5.97 Å². The van der Waals surface area contributed by atoms with Crippen LogP contribution in [0.1, 0.15) is 55.8 Å². The number of nitrogens with zero attached hydrogens (tertiary/aromatic N) is 1. The van der Waals surface area contributed by atoms with Crippen LogP contribution in [0.15, 0.2) is 35.7 Å². The van der Waals surface area contributed by atoms with Gasteiger partial charge in [-0.25, -0.2) is 4.79 Å². The Balaban J connectivity index is 0. The number of hydrogen-bond donors (Lipinski definition) is 2. The molecule has 0 radical (unpaired) electrons. The monoisotopic (exact) mass is 326 g/mol. The molecule has 0 saturated carbocycles. The van der Waals surface area contributed by atoms with E-state index in [1.165, 1.54) is 25.7 Å². The Morgan fingerprint density at radius 2 is 1.61 bits per heavy atom. The predicted molar refractivity (Wildman–Crippen MR) is 93.5 cm³/mol. The van der Waals surface area contributed by atoms with Gasteiger partial charge in [-0.3, -0.25) is 0 Å². The van der Waals surface area contributed by atoms with E-state index >= 15 is 0 Å². The molecule has 0 aliphatic heterocycles. The Bertz CT molecular complexity index is 372. The summed E-state index contributed by atoms with van der Waals surface area (Å²) in [6.07, 6.45) is 7.23. The van der Waals surface area contributed by atoms with E-state index in [0.29, 0.717) is 12.2 Å².